The van der Waals surface area contributed by atoms with E-state index in [4.69, 9.17) is 13.9 Å². The molecule has 1 aliphatic heterocycles. The van der Waals surface area contributed by atoms with Gasteiger partial charge in [0.25, 0.3) is 5.22 Å². The molecule has 0 spiro atoms. The summed E-state index contributed by atoms with van der Waals surface area (Å²) in [6.45, 7) is 2.86. The van der Waals surface area contributed by atoms with E-state index < -0.39 is 0 Å². The van der Waals surface area contributed by atoms with E-state index >= 15 is 0 Å². The number of carbonyl (C=O) groups is 1. The summed E-state index contributed by atoms with van der Waals surface area (Å²) in [6, 6.07) is 12.9. The molecule has 0 radical (unpaired) electrons. The standard InChI is InChI=1S/C18H16N2O4S/c1-11(25-18-20-13-4-2-3-5-14(13)24-18)17(21)19-12-6-7-15-16(10-12)23-9-8-22-15/h2-7,10-11H,8-9H2,1H3,(H,19,21). The van der Waals surface area contributed by atoms with Crippen molar-refractivity contribution in [3.63, 3.8) is 0 Å². The largest absolute Gasteiger partial charge is 0.486 e. The second-order valence-electron chi connectivity index (χ2n) is 5.56. The van der Waals surface area contributed by atoms with Crippen LogP contribution in [0.2, 0.25) is 0 Å². The van der Waals surface area contributed by atoms with Crippen LogP contribution in [-0.4, -0.2) is 29.4 Å². The molecule has 0 fully saturated rings. The summed E-state index contributed by atoms with van der Waals surface area (Å²) < 4.78 is 16.7. The van der Waals surface area contributed by atoms with Crippen LogP contribution in [0.1, 0.15) is 6.92 Å². The number of thioether (sulfide) groups is 1. The molecule has 0 saturated heterocycles. The number of carbonyl (C=O) groups excluding carboxylic acids is 1. The molecule has 4 rings (SSSR count). The Labute approximate surface area is 148 Å². The fourth-order valence-corrected chi connectivity index (χ4v) is 3.23. The highest BCUT2D eigenvalue weighted by atomic mass is 32.2. The maximum absolute atomic E-state index is 12.4. The first-order valence-electron chi connectivity index (χ1n) is 7.92. The lowest BCUT2D eigenvalue weighted by molar-refractivity contribution is -0.115. The number of rotatable bonds is 4. The smallest absolute Gasteiger partial charge is 0.257 e. The lowest BCUT2D eigenvalue weighted by atomic mass is 10.2. The molecule has 2 aromatic carbocycles. The molecule has 2 heterocycles. The summed E-state index contributed by atoms with van der Waals surface area (Å²) in [6.07, 6.45) is 0. The van der Waals surface area contributed by atoms with Gasteiger partial charge in [0.05, 0.1) is 5.25 Å². The van der Waals surface area contributed by atoms with Crippen molar-refractivity contribution in [2.75, 3.05) is 18.5 Å². The molecule has 0 saturated carbocycles. The number of para-hydroxylation sites is 2. The van der Waals surface area contributed by atoms with Crippen molar-refractivity contribution in [3.8, 4) is 11.5 Å². The van der Waals surface area contributed by atoms with Gasteiger partial charge >= 0.3 is 0 Å². The molecular weight excluding hydrogens is 340 g/mol. The molecule has 7 heteroatoms. The number of nitrogens with zero attached hydrogens (tertiary/aromatic N) is 1. The second kappa shape index (κ2) is 6.68. The van der Waals surface area contributed by atoms with E-state index in [1.165, 1.54) is 11.8 Å². The number of nitrogens with one attached hydrogen (secondary N) is 1. The minimum atomic E-state index is -0.360. The predicted molar refractivity (Wildman–Crippen MR) is 95.4 cm³/mol. The number of anilines is 1. The third kappa shape index (κ3) is 3.41. The van der Waals surface area contributed by atoms with E-state index in [1.54, 1.807) is 18.2 Å². The number of ether oxygens (including phenoxy) is 2. The monoisotopic (exact) mass is 356 g/mol. The average Bonchev–Trinajstić information content (AvgIpc) is 3.03. The first-order valence-corrected chi connectivity index (χ1v) is 8.80. The van der Waals surface area contributed by atoms with Gasteiger partial charge in [-0.05, 0) is 31.2 Å². The quantitative estimate of drug-likeness (QED) is 0.718. The topological polar surface area (TPSA) is 73.6 Å². The Morgan fingerprint density at radius 2 is 1.96 bits per heavy atom. The Hall–Kier alpha value is -2.67. The van der Waals surface area contributed by atoms with Crippen LogP contribution >= 0.6 is 11.8 Å². The van der Waals surface area contributed by atoms with Crippen molar-refractivity contribution >= 4 is 34.5 Å². The van der Waals surface area contributed by atoms with Crippen LogP contribution in [0.5, 0.6) is 11.5 Å². The highest BCUT2D eigenvalue weighted by Gasteiger charge is 2.19. The third-order valence-electron chi connectivity index (χ3n) is 3.73. The summed E-state index contributed by atoms with van der Waals surface area (Å²) in [4.78, 5) is 16.8. The van der Waals surface area contributed by atoms with Crippen molar-refractivity contribution in [1.82, 2.24) is 4.98 Å². The van der Waals surface area contributed by atoms with Crippen LogP contribution in [0.4, 0.5) is 5.69 Å². The van der Waals surface area contributed by atoms with Gasteiger partial charge in [-0.15, -0.1) is 0 Å². The predicted octanol–water partition coefficient (Wildman–Crippen LogP) is 3.72. The maximum atomic E-state index is 12.4. The highest BCUT2D eigenvalue weighted by Crippen LogP contribution is 2.33. The Kier molecular flexibility index (Phi) is 4.23. The Balaban J connectivity index is 1.43. The molecule has 1 unspecified atom stereocenters. The molecule has 1 amide bonds. The summed E-state index contributed by atoms with van der Waals surface area (Å²) in [5.41, 5.74) is 2.16. The summed E-state index contributed by atoms with van der Waals surface area (Å²) >= 11 is 1.28. The summed E-state index contributed by atoms with van der Waals surface area (Å²) in [5.74, 6) is 1.20. The Bertz CT molecular complexity index is 891. The molecule has 1 aromatic heterocycles. The van der Waals surface area contributed by atoms with E-state index in [0.717, 1.165) is 5.52 Å². The molecule has 1 aliphatic rings. The van der Waals surface area contributed by atoms with Gasteiger partial charge in [-0.25, -0.2) is 4.98 Å². The fourth-order valence-electron chi connectivity index (χ4n) is 2.47. The van der Waals surface area contributed by atoms with Crippen molar-refractivity contribution in [1.29, 1.82) is 0 Å². The minimum Gasteiger partial charge on any atom is -0.486 e. The van der Waals surface area contributed by atoms with Crippen molar-refractivity contribution in [2.24, 2.45) is 0 Å². The molecule has 0 bridgehead atoms. The zero-order chi connectivity index (χ0) is 17.2. The molecular formula is C18H16N2O4S. The molecule has 0 aliphatic carbocycles. The van der Waals surface area contributed by atoms with Crippen LogP contribution in [0.25, 0.3) is 11.1 Å². The zero-order valence-corrected chi connectivity index (χ0v) is 14.3. The molecule has 1 N–H and O–H groups in total. The second-order valence-corrected chi connectivity index (χ2v) is 6.85. The number of benzene rings is 2. The number of hydrogen-bond acceptors (Lipinski definition) is 6. The summed E-state index contributed by atoms with van der Waals surface area (Å²) in [5, 5.41) is 3.00. The number of aromatic nitrogens is 1. The van der Waals surface area contributed by atoms with Crippen LogP contribution in [-0.2, 0) is 4.79 Å². The SMILES string of the molecule is CC(Sc1nc2ccccc2o1)C(=O)Nc1ccc2c(c1)OCCO2. The van der Waals surface area contributed by atoms with Crippen molar-refractivity contribution in [3.05, 3.63) is 42.5 Å². The van der Waals surface area contributed by atoms with Gasteiger partial charge in [-0.2, -0.15) is 0 Å². The van der Waals surface area contributed by atoms with Crippen LogP contribution in [0.15, 0.2) is 52.1 Å². The normalized spacial score (nSPS) is 14.3. The highest BCUT2D eigenvalue weighted by molar-refractivity contribution is 8.00. The van der Waals surface area contributed by atoms with Crippen LogP contribution < -0.4 is 14.8 Å². The lowest BCUT2D eigenvalue weighted by Crippen LogP contribution is -2.22. The number of fused-ring (bicyclic) bond motifs is 2. The van der Waals surface area contributed by atoms with Gasteiger partial charge in [-0.1, -0.05) is 23.9 Å². The van der Waals surface area contributed by atoms with E-state index in [1.807, 2.05) is 31.2 Å². The van der Waals surface area contributed by atoms with Crippen molar-refractivity contribution in [2.45, 2.75) is 17.4 Å². The fraction of sp³-hybridized carbons (Fsp3) is 0.222. The van der Waals surface area contributed by atoms with Crippen LogP contribution in [0.3, 0.4) is 0 Å². The number of hydrogen-bond donors (Lipinski definition) is 1. The molecule has 6 nitrogen and oxygen atoms in total. The Morgan fingerprint density at radius 3 is 2.80 bits per heavy atom. The third-order valence-corrected chi connectivity index (χ3v) is 4.67. The molecule has 128 valence electrons. The maximum Gasteiger partial charge on any atom is 0.257 e. The molecule has 25 heavy (non-hydrogen) atoms. The van der Waals surface area contributed by atoms with E-state index in [0.29, 0.717) is 41.2 Å². The summed E-state index contributed by atoms with van der Waals surface area (Å²) in [7, 11) is 0. The number of amides is 1. The Morgan fingerprint density at radius 1 is 1.16 bits per heavy atom. The van der Waals surface area contributed by atoms with Gasteiger partial charge < -0.3 is 19.2 Å². The average molecular weight is 356 g/mol. The van der Waals surface area contributed by atoms with Gasteiger partial charge in [0.2, 0.25) is 5.91 Å². The minimum absolute atomic E-state index is 0.135. The number of oxazole rings is 1. The lowest BCUT2D eigenvalue weighted by Gasteiger charge is -2.19. The van der Waals surface area contributed by atoms with Gasteiger partial charge in [0.1, 0.15) is 18.7 Å². The molecule has 3 aromatic rings. The van der Waals surface area contributed by atoms with E-state index in [-0.39, 0.29) is 11.2 Å². The van der Waals surface area contributed by atoms with Gasteiger partial charge in [-0.3, -0.25) is 4.79 Å². The molecule has 1 atom stereocenters. The first-order chi connectivity index (χ1) is 12.2. The van der Waals surface area contributed by atoms with Gasteiger partial charge in [0, 0.05) is 11.8 Å². The van der Waals surface area contributed by atoms with Crippen LogP contribution in [0, 0.1) is 0 Å². The van der Waals surface area contributed by atoms with Gasteiger partial charge in [0.15, 0.2) is 17.1 Å². The van der Waals surface area contributed by atoms with Crippen molar-refractivity contribution < 1.29 is 18.7 Å². The van der Waals surface area contributed by atoms with E-state index in [2.05, 4.69) is 10.3 Å². The zero-order valence-electron chi connectivity index (χ0n) is 13.5. The van der Waals surface area contributed by atoms with E-state index in [9.17, 15) is 4.79 Å². The first kappa shape index (κ1) is 15.8.